The maximum absolute atomic E-state index is 12.5. The van der Waals surface area contributed by atoms with Crippen molar-refractivity contribution in [2.24, 2.45) is 0 Å². The Labute approximate surface area is 139 Å². The Morgan fingerprint density at radius 1 is 1.30 bits per heavy atom. The van der Waals surface area contributed by atoms with E-state index in [0.29, 0.717) is 0 Å². The van der Waals surface area contributed by atoms with Crippen LogP contribution in [0.2, 0.25) is 0 Å². The Kier molecular flexibility index (Phi) is 4.16. The molecule has 0 aliphatic carbocycles. The van der Waals surface area contributed by atoms with Crippen molar-refractivity contribution >= 4 is 19.4 Å². The fraction of sp³-hybridized carbons (Fsp3) is 0.316. The molecule has 2 radical (unpaired) electrons. The highest BCUT2D eigenvalue weighted by atomic mass is 16.2. The summed E-state index contributed by atoms with van der Waals surface area (Å²) in [6.45, 7) is 6.15. The average molecular weight is 304 g/mol. The van der Waals surface area contributed by atoms with Crippen LogP contribution in [0.15, 0.2) is 58.7 Å². The summed E-state index contributed by atoms with van der Waals surface area (Å²) in [6.07, 6.45) is 4.67. The largest absolute Gasteiger partial charge is 0.357 e. The first-order valence-electron chi connectivity index (χ1n) is 8.10. The molecule has 0 aromatic heterocycles. The first-order chi connectivity index (χ1) is 11.0. The number of amides is 1. The Morgan fingerprint density at radius 2 is 2.04 bits per heavy atom. The molecule has 1 saturated heterocycles. The van der Waals surface area contributed by atoms with Crippen LogP contribution in [0.5, 0.6) is 0 Å². The molecule has 1 fully saturated rings. The maximum Gasteiger partial charge on any atom is 0.253 e. The molecule has 2 unspecified atom stereocenters. The van der Waals surface area contributed by atoms with Gasteiger partial charge in [0.2, 0.25) is 0 Å². The number of carbonyl (C=O) groups is 1. The number of allylic oxidation sites excluding steroid dienone is 4. The van der Waals surface area contributed by atoms with Crippen molar-refractivity contribution in [1.29, 1.82) is 0 Å². The van der Waals surface area contributed by atoms with Gasteiger partial charge >= 0.3 is 0 Å². The molecule has 2 aliphatic rings. The number of benzene rings is 1. The van der Waals surface area contributed by atoms with Gasteiger partial charge in [0.05, 0.1) is 11.6 Å². The Hall–Kier alpha value is -2.23. The predicted octanol–water partition coefficient (Wildman–Crippen LogP) is 3.38. The first kappa shape index (κ1) is 15.7. The van der Waals surface area contributed by atoms with E-state index in [1.165, 1.54) is 5.56 Å². The van der Waals surface area contributed by atoms with Crippen LogP contribution in [0.3, 0.4) is 0 Å². The van der Waals surface area contributed by atoms with E-state index in [1.807, 2.05) is 44.2 Å². The SMILES string of the molecule is [B]/C(=C/C=C1\C(=C2\Nc3ccccc3C2C)C(=O)NC1C)CC. The number of carbonyl (C=O) groups excluding carboxylic acids is 1. The Bertz CT molecular complexity index is 745. The van der Waals surface area contributed by atoms with Crippen LogP contribution >= 0.6 is 0 Å². The summed E-state index contributed by atoms with van der Waals surface area (Å²) in [7, 11) is 5.91. The summed E-state index contributed by atoms with van der Waals surface area (Å²) in [5.41, 5.74) is 5.84. The third-order valence-corrected chi connectivity index (χ3v) is 4.61. The predicted molar refractivity (Wildman–Crippen MR) is 95.3 cm³/mol. The quantitative estimate of drug-likeness (QED) is 0.649. The third kappa shape index (κ3) is 2.74. The second-order valence-electron chi connectivity index (χ2n) is 6.13. The van der Waals surface area contributed by atoms with Crippen LogP contribution < -0.4 is 10.6 Å². The van der Waals surface area contributed by atoms with E-state index >= 15 is 0 Å². The van der Waals surface area contributed by atoms with Gasteiger partial charge < -0.3 is 10.6 Å². The lowest BCUT2D eigenvalue weighted by Gasteiger charge is -2.11. The minimum Gasteiger partial charge on any atom is -0.357 e. The van der Waals surface area contributed by atoms with Crippen molar-refractivity contribution in [1.82, 2.24) is 5.32 Å². The maximum atomic E-state index is 12.5. The number of hydrogen-bond acceptors (Lipinski definition) is 2. The van der Waals surface area contributed by atoms with Gasteiger partial charge in [-0.3, -0.25) is 4.79 Å². The molecule has 2 N–H and O–H groups in total. The van der Waals surface area contributed by atoms with Gasteiger partial charge in [0.25, 0.3) is 5.91 Å². The van der Waals surface area contributed by atoms with Crippen LogP contribution in [0.25, 0.3) is 0 Å². The number of anilines is 1. The van der Waals surface area contributed by atoms with Gasteiger partial charge in [-0.15, -0.1) is 5.47 Å². The summed E-state index contributed by atoms with van der Waals surface area (Å²) in [4.78, 5) is 12.5. The number of fused-ring (bicyclic) bond motifs is 1. The fourth-order valence-electron chi connectivity index (χ4n) is 3.19. The molecular weight excluding hydrogens is 283 g/mol. The summed E-state index contributed by atoms with van der Waals surface area (Å²) in [6, 6.07) is 8.18. The van der Waals surface area contributed by atoms with Crippen LogP contribution in [-0.2, 0) is 4.79 Å². The van der Waals surface area contributed by atoms with Gasteiger partial charge in [0.15, 0.2) is 0 Å². The number of para-hydroxylation sites is 1. The zero-order chi connectivity index (χ0) is 16.6. The fourth-order valence-corrected chi connectivity index (χ4v) is 3.19. The van der Waals surface area contributed by atoms with Crippen LogP contribution in [0.4, 0.5) is 5.69 Å². The standard InChI is InChI=1S/C19H21BN2O/c1-4-13(20)9-10-15-12(3)21-19(23)17(15)18-11(2)14-7-5-6-8-16(14)22-18/h5-12,22H,4H2,1-3H3,(H,21,23)/b13-9+,15-10-,18-17-. The van der Waals surface area contributed by atoms with Gasteiger partial charge in [-0.25, -0.2) is 0 Å². The minimum absolute atomic E-state index is 0.0105. The molecular formula is C19H21BN2O. The molecule has 2 atom stereocenters. The molecule has 1 aromatic carbocycles. The molecule has 0 bridgehead atoms. The molecule has 2 heterocycles. The average Bonchev–Trinajstić information content (AvgIpc) is 3.01. The molecule has 0 spiro atoms. The molecule has 0 saturated carbocycles. The zero-order valence-corrected chi connectivity index (χ0v) is 13.8. The highest BCUT2D eigenvalue weighted by Crippen LogP contribution is 2.42. The monoisotopic (exact) mass is 304 g/mol. The lowest BCUT2D eigenvalue weighted by atomic mass is 9.90. The van der Waals surface area contributed by atoms with Crippen LogP contribution in [0, 0.1) is 0 Å². The molecule has 4 heteroatoms. The normalized spacial score (nSPS) is 28.7. The molecule has 1 aromatic rings. The van der Waals surface area contributed by atoms with Crippen LogP contribution in [0.1, 0.15) is 38.7 Å². The van der Waals surface area contributed by atoms with E-state index in [-0.39, 0.29) is 17.9 Å². The van der Waals surface area contributed by atoms with Crippen LogP contribution in [-0.4, -0.2) is 19.8 Å². The molecule has 3 rings (SSSR count). The van der Waals surface area contributed by atoms with Crippen molar-refractivity contribution in [3.63, 3.8) is 0 Å². The summed E-state index contributed by atoms with van der Waals surface area (Å²) in [5, 5.41) is 6.44. The molecule has 23 heavy (non-hydrogen) atoms. The third-order valence-electron chi connectivity index (χ3n) is 4.61. The van der Waals surface area contributed by atoms with E-state index in [0.717, 1.165) is 34.4 Å². The summed E-state index contributed by atoms with van der Waals surface area (Å²) < 4.78 is 0. The number of rotatable bonds is 2. The smallest absolute Gasteiger partial charge is 0.253 e. The zero-order valence-electron chi connectivity index (χ0n) is 13.8. The Balaban J connectivity index is 2.08. The second-order valence-corrected chi connectivity index (χ2v) is 6.13. The molecule has 3 nitrogen and oxygen atoms in total. The molecule has 1 amide bonds. The minimum atomic E-state index is -0.0191. The van der Waals surface area contributed by atoms with E-state index in [2.05, 4.69) is 23.6 Å². The van der Waals surface area contributed by atoms with Crippen molar-refractivity contribution < 1.29 is 4.79 Å². The van der Waals surface area contributed by atoms with E-state index in [9.17, 15) is 4.79 Å². The van der Waals surface area contributed by atoms with Gasteiger partial charge in [-0.2, -0.15) is 0 Å². The van der Waals surface area contributed by atoms with E-state index in [4.69, 9.17) is 7.85 Å². The topological polar surface area (TPSA) is 41.1 Å². The first-order valence-corrected chi connectivity index (χ1v) is 8.10. The van der Waals surface area contributed by atoms with Gasteiger partial charge in [-0.1, -0.05) is 44.2 Å². The Morgan fingerprint density at radius 3 is 2.74 bits per heavy atom. The van der Waals surface area contributed by atoms with Crippen molar-refractivity contribution in [3.8, 4) is 0 Å². The van der Waals surface area contributed by atoms with Crippen molar-refractivity contribution in [3.05, 3.63) is 64.3 Å². The summed E-state index contributed by atoms with van der Waals surface area (Å²) >= 11 is 0. The van der Waals surface area contributed by atoms with E-state index in [1.54, 1.807) is 0 Å². The molecule has 2 aliphatic heterocycles. The van der Waals surface area contributed by atoms with Crippen molar-refractivity contribution in [2.75, 3.05) is 5.32 Å². The van der Waals surface area contributed by atoms with Gasteiger partial charge in [0.1, 0.15) is 7.85 Å². The second kappa shape index (κ2) is 6.11. The van der Waals surface area contributed by atoms with Crippen molar-refractivity contribution in [2.45, 2.75) is 39.2 Å². The number of hydrogen-bond donors (Lipinski definition) is 2. The highest BCUT2D eigenvalue weighted by Gasteiger charge is 2.35. The van der Waals surface area contributed by atoms with Gasteiger partial charge in [-0.05, 0) is 30.5 Å². The highest BCUT2D eigenvalue weighted by molar-refractivity contribution is 6.21. The lowest BCUT2D eigenvalue weighted by molar-refractivity contribution is -0.116. The lowest BCUT2D eigenvalue weighted by Crippen LogP contribution is -2.23. The number of nitrogens with one attached hydrogen (secondary N) is 2. The summed E-state index contributed by atoms with van der Waals surface area (Å²) in [5.74, 6) is 0.155. The van der Waals surface area contributed by atoms with Gasteiger partial charge in [0, 0.05) is 17.3 Å². The van der Waals surface area contributed by atoms with E-state index < -0.39 is 0 Å². The molecule has 116 valence electrons.